The predicted molar refractivity (Wildman–Crippen MR) is 99.2 cm³/mol. The first-order valence-corrected chi connectivity index (χ1v) is 9.59. The number of nitrogens with zero attached hydrogens (tertiary/aromatic N) is 1. The van der Waals surface area contributed by atoms with Gasteiger partial charge in [0.25, 0.3) is 0 Å². The predicted octanol–water partition coefficient (Wildman–Crippen LogP) is 1.68. The summed E-state index contributed by atoms with van der Waals surface area (Å²) in [7, 11) is 0. The van der Waals surface area contributed by atoms with E-state index in [0.717, 1.165) is 37.7 Å². The Balaban J connectivity index is 1.37. The van der Waals surface area contributed by atoms with Gasteiger partial charge in [0.15, 0.2) is 0 Å². The third-order valence-corrected chi connectivity index (χ3v) is 5.39. The van der Waals surface area contributed by atoms with Crippen molar-refractivity contribution in [1.29, 1.82) is 0 Å². The number of quaternary nitrogens is 1. The van der Waals surface area contributed by atoms with Gasteiger partial charge in [0, 0.05) is 15.6 Å². The third-order valence-electron chi connectivity index (χ3n) is 4.30. The summed E-state index contributed by atoms with van der Waals surface area (Å²) in [6.45, 7) is 5.75. The monoisotopic (exact) mass is 367 g/mol. The zero-order valence-electron chi connectivity index (χ0n) is 13.7. The number of hydrogen-bond donors (Lipinski definition) is 2. The first-order chi connectivity index (χ1) is 11.7. The summed E-state index contributed by atoms with van der Waals surface area (Å²) in [5, 5.41) is 13.0. The number of rotatable bonds is 7. The number of halogens is 1. The molecule has 0 spiro atoms. The SMILES string of the molecule is O[C@H](COCc1cccs1)C[NH+]1CCN(c2cccc(Cl)c2)CC1. The van der Waals surface area contributed by atoms with Gasteiger partial charge in [-0.3, -0.25) is 0 Å². The van der Waals surface area contributed by atoms with Crippen molar-refractivity contribution < 1.29 is 14.7 Å². The normalized spacial score (nSPS) is 17.2. The lowest BCUT2D eigenvalue weighted by Gasteiger charge is -2.34. The lowest BCUT2D eigenvalue weighted by Crippen LogP contribution is -3.16. The zero-order chi connectivity index (χ0) is 16.8. The van der Waals surface area contributed by atoms with E-state index in [9.17, 15) is 5.11 Å². The number of piperazine rings is 1. The Labute approximate surface area is 152 Å². The molecule has 0 aliphatic carbocycles. The minimum absolute atomic E-state index is 0.402. The summed E-state index contributed by atoms with van der Waals surface area (Å²) < 4.78 is 5.61. The summed E-state index contributed by atoms with van der Waals surface area (Å²) in [4.78, 5) is 4.99. The Kier molecular flexibility index (Phi) is 6.51. The molecule has 2 aromatic rings. The van der Waals surface area contributed by atoms with Gasteiger partial charge in [-0.25, -0.2) is 0 Å². The van der Waals surface area contributed by atoms with Crippen molar-refractivity contribution in [3.63, 3.8) is 0 Å². The summed E-state index contributed by atoms with van der Waals surface area (Å²) in [6.07, 6.45) is -0.405. The number of aliphatic hydroxyl groups excluding tert-OH is 1. The standard InChI is InChI=1S/C18H23ClN2O2S/c19-15-3-1-4-16(11-15)21-8-6-20(7-9-21)12-17(22)13-23-14-18-5-2-10-24-18/h1-5,10-11,17,22H,6-9,12-14H2/p+1/t17-/m0/s1. The van der Waals surface area contributed by atoms with Crippen LogP contribution in [0.5, 0.6) is 0 Å². The zero-order valence-corrected chi connectivity index (χ0v) is 15.2. The second kappa shape index (κ2) is 8.83. The topological polar surface area (TPSA) is 37.1 Å². The number of thiophene rings is 1. The van der Waals surface area contributed by atoms with Crippen LogP contribution in [0.2, 0.25) is 5.02 Å². The molecule has 0 radical (unpaired) electrons. The van der Waals surface area contributed by atoms with Crippen molar-refractivity contribution in [3.05, 3.63) is 51.7 Å². The Morgan fingerprint density at radius 3 is 2.79 bits per heavy atom. The molecule has 130 valence electrons. The number of nitrogens with one attached hydrogen (secondary N) is 1. The van der Waals surface area contributed by atoms with Gasteiger partial charge in [-0.15, -0.1) is 11.3 Å². The van der Waals surface area contributed by atoms with Gasteiger partial charge in [0.2, 0.25) is 0 Å². The highest BCUT2D eigenvalue weighted by Gasteiger charge is 2.22. The highest BCUT2D eigenvalue weighted by molar-refractivity contribution is 7.09. The molecule has 1 atom stereocenters. The fourth-order valence-corrected chi connectivity index (χ4v) is 3.87. The molecule has 1 aromatic heterocycles. The molecule has 2 heterocycles. The van der Waals surface area contributed by atoms with E-state index < -0.39 is 6.10 Å². The van der Waals surface area contributed by atoms with Crippen LogP contribution in [0, 0.1) is 0 Å². The van der Waals surface area contributed by atoms with Gasteiger partial charge >= 0.3 is 0 Å². The molecule has 0 bridgehead atoms. The van der Waals surface area contributed by atoms with Crippen molar-refractivity contribution in [2.24, 2.45) is 0 Å². The summed E-state index contributed by atoms with van der Waals surface area (Å²) in [5.41, 5.74) is 1.18. The van der Waals surface area contributed by atoms with E-state index in [4.69, 9.17) is 16.3 Å². The summed E-state index contributed by atoms with van der Waals surface area (Å²) >= 11 is 7.75. The van der Waals surface area contributed by atoms with Gasteiger partial charge in [0.1, 0.15) is 12.6 Å². The van der Waals surface area contributed by atoms with Gasteiger partial charge < -0.3 is 19.6 Å². The highest BCUT2D eigenvalue weighted by atomic mass is 35.5. The van der Waals surface area contributed by atoms with Crippen LogP contribution in [-0.2, 0) is 11.3 Å². The molecule has 6 heteroatoms. The van der Waals surface area contributed by atoms with Crippen molar-refractivity contribution in [2.75, 3.05) is 44.2 Å². The molecule has 1 fully saturated rings. The molecule has 1 aromatic carbocycles. The maximum atomic E-state index is 10.2. The average molecular weight is 368 g/mol. The Morgan fingerprint density at radius 2 is 2.08 bits per heavy atom. The summed E-state index contributed by atoms with van der Waals surface area (Å²) in [6, 6.07) is 12.1. The molecule has 0 unspecified atom stereocenters. The quantitative estimate of drug-likeness (QED) is 0.782. The number of hydrogen-bond acceptors (Lipinski definition) is 4. The molecule has 24 heavy (non-hydrogen) atoms. The van der Waals surface area contributed by atoms with E-state index in [0.29, 0.717) is 13.2 Å². The lowest BCUT2D eigenvalue weighted by molar-refractivity contribution is -0.903. The third kappa shape index (κ3) is 5.19. The van der Waals surface area contributed by atoms with Crippen molar-refractivity contribution in [3.8, 4) is 0 Å². The molecule has 1 aliphatic rings. The molecular weight excluding hydrogens is 344 g/mol. The molecule has 0 amide bonds. The van der Waals surface area contributed by atoms with Crippen LogP contribution in [0.1, 0.15) is 4.88 Å². The van der Waals surface area contributed by atoms with E-state index in [1.165, 1.54) is 15.5 Å². The van der Waals surface area contributed by atoms with E-state index in [2.05, 4.69) is 17.0 Å². The fraction of sp³-hybridized carbons (Fsp3) is 0.444. The summed E-state index contributed by atoms with van der Waals surface area (Å²) in [5.74, 6) is 0. The Bertz CT molecular complexity index is 615. The number of ether oxygens (including phenoxy) is 1. The Morgan fingerprint density at radius 1 is 1.25 bits per heavy atom. The number of benzene rings is 1. The largest absolute Gasteiger partial charge is 0.385 e. The number of aliphatic hydroxyl groups is 1. The average Bonchev–Trinajstić information content (AvgIpc) is 3.09. The van der Waals surface area contributed by atoms with Crippen LogP contribution in [-0.4, -0.2) is 50.5 Å². The van der Waals surface area contributed by atoms with Crippen LogP contribution in [0.3, 0.4) is 0 Å². The first-order valence-electron chi connectivity index (χ1n) is 8.33. The number of anilines is 1. The van der Waals surface area contributed by atoms with Crippen LogP contribution in [0.15, 0.2) is 41.8 Å². The first kappa shape index (κ1) is 17.7. The molecule has 1 saturated heterocycles. The van der Waals surface area contributed by atoms with Crippen LogP contribution in [0.25, 0.3) is 0 Å². The van der Waals surface area contributed by atoms with E-state index in [-0.39, 0.29) is 0 Å². The maximum Gasteiger partial charge on any atom is 0.126 e. The van der Waals surface area contributed by atoms with Crippen molar-refractivity contribution in [2.45, 2.75) is 12.7 Å². The van der Waals surface area contributed by atoms with Crippen LogP contribution in [0.4, 0.5) is 5.69 Å². The van der Waals surface area contributed by atoms with E-state index in [1.54, 1.807) is 11.3 Å². The smallest absolute Gasteiger partial charge is 0.126 e. The second-order valence-electron chi connectivity index (χ2n) is 6.17. The maximum absolute atomic E-state index is 10.2. The van der Waals surface area contributed by atoms with Gasteiger partial charge in [-0.2, -0.15) is 0 Å². The van der Waals surface area contributed by atoms with Crippen molar-refractivity contribution >= 4 is 28.6 Å². The Hall–Kier alpha value is -1.11. The minimum Gasteiger partial charge on any atom is -0.385 e. The highest BCUT2D eigenvalue weighted by Crippen LogP contribution is 2.19. The van der Waals surface area contributed by atoms with Gasteiger partial charge in [-0.1, -0.05) is 23.7 Å². The van der Waals surface area contributed by atoms with Crippen LogP contribution >= 0.6 is 22.9 Å². The van der Waals surface area contributed by atoms with Crippen LogP contribution < -0.4 is 9.80 Å². The van der Waals surface area contributed by atoms with E-state index in [1.807, 2.05) is 29.6 Å². The van der Waals surface area contributed by atoms with E-state index >= 15 is 0 Å². The van der Waals surface area contributed by atoms with Gasteiger partial charge in [-0.05, 0) is 29.6 Å². The molecule has 1 aliphatic heterocycles. The lowest BCUT2D eigenvalue weighted by atomic mass is 10.2. The molecule has 0 saturated carbocycles. The molecule has 2 N–H and O–H groups in total. The fourth-order valence-electron chi connectivity index (χ4n) is 3.04. The van der Waals surface area contributed by atoms with Gasteiger partial charge in [0.05, 0.1) is 39.4 Å². The van der Waals surface area contributed by atoms with Crippen molar-refractivity contribution in [1.82, 2.24) is 0 Å². The molecule has 4 nitrogen and oxygen atoms in total. The second-order valence-corrected chi connectivity index (χ2v) is 7.64. The molecule has 3 rings (SSSR count). The molecular formula is C18H24ClN2O2S+. The minimum atomic E-state index is -0.405.